The van der Waals surface area contributed by atoms with E-state index in [1.165, 1.54) is 0 Å². The van der Waals surface area contributed by atoms with Crippen molar-refractivity contribution in [2.24, 2.45) is 5.10 Å². The van der Waals surface area contributed by atoms with Crippen LogP contribution in [0.4, 0.5) is 4.79 Å². The van der Waals surface area contributed by atoms with Crippen molar-refractivity contribution in [3.05, 3.63) is 29.8 Å². The van der Waals surface area contributed by atoms with Gasteiger partial charge in [0, 0.05) is 44.0 Å². The van der Waals surface area contributed by atoms with Crippen molar-refractivity contribution in [1.29, 1.82) is 0 Å². The van der Waals surface area contributed by atoms with E-state index in [4.69, 9.17) is 9.47 Å². The zero-order valence-corrected chi connectivity index (χ0v) is 17.0. The molecule has 7 heteroatoms. The van der Waals surface area contributed by atoms with Gasteiger partial charge in [0.2, 0.25) is 5.91 Å². The lowest BCUT2D eigenvalue weighted by Gasteiger charge is -2.33. The van der Waals surface area contributed by atoms with Crippen LogP contribution in [0.3, 0.4) is 0 Å². The zero-order chi connectivity index (χ0) is 20.3. The Bertz CT molecular complexity index is 744. The van der Waals surface area contributed by atoms with Gasteiger partial charge in [-0.15, -0.1) is 0 Å². The number of hydrogen-bond acceptors (Lipinski definition) is 5. The van der Waals surface area contributed by atoms with Crippen LogP contribution in [0.5, 0.6) is 5.75 Å². The van der Waals surface area contributed by atoms with Crippen LogP contribution in [0.15, 0.2) is 29.4 Å². The number of piperidine rings is 1. The molecule has 28 heavy (non-hydrogen) atoms. The Morgan fingerprint density at radius 3 is 2.43 bits per heavy atom. The fraction of sp³-hybridized carbons (Fsp3) is 0.571. The van der Waals surface area contributed by atoms with E-state index in [9.17, 15) is 9.59 Å². The van der Waals surface area contributed by atoms with E-state index in [0.717, 1.165) is 29.9 Å². The number of nitrogens with one attached hydrogen (secondary N) is 1. The average Bonchev–Trinajstić information content (AvgIpc) is 2.64. The van der Waals surface area contributed by atoms with Crippen LogP contribution in [-0.2, 0) is 9.53 Å². The number of benzene rings is 1. The summed E-state index contributed by atoms with van der Waals surface area (Å²) in [6.45, 7) is 8.80. The molecule has 7 nitrogen and oxygen atoms in total. The molecule has 1 atom stereocenters. The first kappa shape index (κ1) is 20.2. The Hall–Kier alpha value is -2.57. The van der Waals surface area contributed by atoms with Crippen molar-refractivity contribution < 1.29 is 19.1 Å². The van der Waals surface area contributed by atoms with Crippen molar-refractivity contribution in [2.45, 2.75) is 64.6 Å². The summed E-state index contributed by atoms with van der Waals surface area (Å²) in [6.07, 6.45) is 1.78. The highest BCUT2D eigenvalue weighted by Crippen LogP contribution is 2.27. The molecule has 1 unspecified atom stereocenters. The molecule has 1 aromatic carbocycles. The van der Waals surface area contributed by atoms with Crippen molar-refractivity contribution in [1.82, 2.24) is 10.3 Å². The molecular weight excluding hydrogens is 358 g/mol. The van der Waals surface area contributed by atoms with Crippen molar-refractivity contribution in [3.63, 3.8) is 0 Å². The number of ether oxygens (including phenoxy) is 2. The largest absolute Gasteiger partial charge is 0.490 e. The first-order valence-corrected chi connectivity index (χ1v) is 9.79. The first-order chi connectivity index (χ1) is 13.2. The summed E-state index contributed by atoms with van der Waals surface area (Å²) in [6, 6.07) is 7.87. The minimum Gasteiger partial charge on any atom is -0.490 e. The number of rotatable bonds is 3. The van der Waals surface area contributed by atoms with Crippen LogP contribution in [-0.4, -0.2) is 47.4 Å². The molecule has 0 bridgehead atoms. The lowest BCUT2D eigenvalue weighted by atomic mass is 9.90. The molecule has 0 radical (unpaired) electrons. The SMILES string of the molecule is CC1=NNC(=O)CC1c1ccc(OC2CCN(C(=O)OC(C)(C)C)CC2)cc1. The second-order valence-corrected chi connectivity index (χ2v) is 8.40. The maximum atomic E-state index is 12.1. The second-order valence-electron chi connectivity index (χ2n) is 8.40. The lowest BCUT2D eigenvalue weighted by molar-refractivity contribution is -0.121. The van der Waals surface area contributed by atoms with E-state index in [0.29, 0.717) is 19.5 Å². The fourth-order valence-corrected chi connectivity index (χ4v) is 3.42. The van der Waals surface area contributed by atoms with Gasteiger partial charge in [-0.1, -0.05) is 12.1 Å². The number of carbonyl (C=O) groups is 2. The Morgan fingerprint density at radius 1 is 1.18 bits per heavy atom. The van der Waals surface area contributed by atoms with Gasteiger partial charge in [-0.2, -0.15) is 5.10 Å². The third kappa shape index (κ3) is 5.24. The number of amides is 2. The van der Waals surface area contributed by atoms with Gasteiger partial charge >= 0.3 is 6.09 Å². The van der Waals surface area contributed by atoms with Crippen molar-refractivity contribution in [3.8, 4) is 5.75 Å². The Balaban J connectivity index is 1.52. The van der Waals surface area contributed by atoms with Gasteiger partial charge in [-0.05, 0) is 45.4 Å². The van der Waals surface area contributed by atoms with Crippen molar-refractivity contribution in [2.75, 3.05) is 13.1 Å². The van der Waals surface area contributed by atoms with E-state index in [1.54, 1.807) is 4.90 Å². The molecule has 1 fully saturated rings. The number of nitrogens with zero attached hydrogens (tertiary/aromatic N) is 2. The number of carbonyl (C=O) groups excluding carboxylic acids is 2. The normalized spacial score (nSPS) is 21.0. The molecule has 1 saturated heterocycles. The Labute approximate surface area is 166 Å². The molecule has 1 aromatic rings. The summed E-state index contributed by atoms with van der Waals surface area (Å²) in [5.41, 5.74) is 3.99. The summed E-state index contributed by atoms with van der Waals surface area (Å²) < 4.78 is 11.5. The monoisotopic (exact) mass is 387 g/mol. The van der Waals surface area contributed by atoms with E-state index in [-0.39, 0.29) is 24.0 Å². The van der Waals surface area contributed by atoms with Crippen molar-refractivity contribution >= 4 is 17.7 Å². The predicted octanol–water partition coefficient (Wildman–Crippen LogP) is 3.44. The lowest BCUT2D eigenvalue weighted by Crippen LogP contribution is -2.44. The highest BCUT2D eigenvalue weighted by atomic mass is 16.6. The smallest absolute Gasteiger partial charge is 0.410 e. The van der Waals surface area contributed by atoms with Gasteiger partial charge in [0.05, 0.1) is 0 Å². The molecule has 3 rings (SSSR count). The number of likely N-dealkylation sites (tertiary alicyclic amines) is 1. The molecule has 2 heterocycles. The van der Waals surface area contributed by atoms with Gasteiger partial charge < -0.3 is 14.4 Å². The van der Waals surface area contributed by atoms with Gasteiger partial charge in [-0.3, -0.25) is 4.79 Å². The zero-order valence-electron chi connectivity index (χ0n) is 17.0. The summed E-state index contributed by atoms with van der Waals surface area (Å²) in [5, 5.41) is 4.07. The van der Waals surface area contributed by atoms with Gasteiger partial charge in [-0.25, -0.2) is 10.2 Å². The van der Waals surface area contributed by atoms with Crippen LogP contribution in [0.2, 0.25) is 0 Å². The van der Waals surface area contributed by atoms with Crippen LogP contribution in [0, 0.1) is 0 Å². The van der Waals surface area contributed by atoms with E-state index < -0.39 is 5.60 Å². The molecule has 2 aliphatic rings. The van der Waals surface area contributed by atoms with Crippen LogP contribution >= 0.6 is 0 Å². The standard InChI is InChI=1S/C21H29N3O4/c1-14-18(13-19(25)23-22-14)15-5-7-16(8-6-15)27-17-9-11-24(12-10-17)20(26)28-21(2,3)4/h5-8,17-18H,9-13H2,1-4H3,(H,23,25). The van der Waals surface area contributed by atoms with E-state index in [1.807, 2.05) is 52.0 Å². The van der Waals surface area contributed by atoms with Gasteiger partial charge in [0.25, 0.3) is 0 Å². The van der Waals surface area contributed by atoms with Crippen LogP contribution in [0.25, 0.3) is 0 Å². The molecule has 2 aliphatic heterocycles. The highest BCUT2D eigenvalue weighted by Gasteiger charge is 2.28. The minimum atomic E-state index is -0.478. The average molecular weight is 387 g/mol. The molecule has 0 aliphatic carbocycles. The third-order valence-corrected chi connectivity index (χ3v) is 4.93. The molecule has 2 amide bonds. The molecular formula is C21H29N3O4. The number of hydrogen-bond donors (Lipinski definition) is 1. The molecule has 0 spiro atoms. The van der Waals surface area contributed by atoms with Crippen LogP contribution in [0.1, 0.15) is 58.4 Å². The topological polar surface area (TPSA) is 80.2 Å². The second kappa shape index (κ2) is 8.20. The summed E-state index contributed by atoms with van der Waals surface area (Å²) in [7, 11) is 0. The van der Waals surface area contributed by atoms with E-state index in [2.05, 4.69) is 10.5 Å². The highest BCUT2D eigenvalue weighted by molar-refractivity contribution is 5.96. The maximum Gasteiger partial charge on any atom is 0.410 e. The van der Waals surface area contributed by atoms with Gasteiger partial charge in [0.15, 0.2) is 0 Å². The fourth-order valence-electron chi connectivity index (χ4n) is 3.42. The number of hydrazone groups is 1. The summed E-state index contributed by atoms with van der Waals surface area (Å²) >= 11 is 0. The Kier molecular flexibility index (Phi) is 5.91. The van der Waals surface area contributed by atoms with Gasteiger partial charge in [0.1, 0.15) is 17.5 Å². The first-order valence-electron chi connectivity index (χ1n) is 9.79. The molecule has 0 saturated carbocycles. The quantitative estimate of drug-likeness (QED) is 0.861. The summed E-state index contributed by atoms with van der Waals surface area (Å²) in [4.78, 5) is 25.5. The summed E-state index contributed by atoms with van der Waals surface area (Å²) in [5.74, 6) is 0.752. The molecule has 1 N–H and O–H groups in total. The van der Waals surface area contributed by atoms with E-state index >= 15 is 0 Å². The third-order valence-electron chi connectivity index (χ3n) is 4.93. The minimum absolute atomic E-state index is 0.0138. The molecule has 0 aromatic heterocycles. The van der Waals surface area contributed by atoms with Crippen LogP contribution < -0.4 is 10.2 Å². The predicted molar refractivity (Wildman–Crippen MR) is 107 cm³/mol. The Morgan fingerprint density at radius 2 is 1.82 bits per heavy atom. The molecule has 152 valence electrons. The maximum absolute atomic E-state index is 12.1.